The first-order valence-corrected chi connectivity index (χ1v) is 7.97. The summed E-state index contributed by atoms with van der Waals surface area (Å²) in [5.74, 6) is 1.26. The second-order valence-corrected chi connectivity index (χ2v) is 5.95. The van der Waals surface area contributed by atoms with Crippen molar-refractivity contribution in [1.82, 2.24) is 5.32 Å². The maximum atomic E-state index is 5.77. The molecule has 0 aromatic heterocycles. The topological polar surface area (TPSA) is 49.0 Å². The molecule has 130 valence electrons. The van der Waals surface area contributed by atoms with Gasteiger partial charge in [0.15, 0.2) is 17.3 Å². The maximum Gasteiger partial charge on any atom is 0.168 e. The number of ether oxygens (including phenoxy) is 4. The predicted molar refractivity (Wildman–Crippen MR) is 90.5 cm³/mol. The van der Waals surface area contributed by atoms with E-state index < -0.39 is 0 Å². The highest BCUT2D eigenvalue weighted by molar-refractivity contribution is 5.85. The van der Waals surface area contributed by atoms with Crippen molar-refractivity contribution in [3.05, 3.63) is 23.8 Å². The third-order valence-corrected chi connectivity index (χ3v) is 4.60. The second-order valence-electron chi connectivity index (χ2n) is 5.95. The first kappa shape index (κ1) is 18.3. The zero-order valence-electron chi connectivity index (χ0n) is 13.8. The quantitative estimate of drug-likeness (QED) is 0.890. The van der Waals surface area contributed by atoms with Gasteiger partial charge in [-0.05, 0) is 30.5 Å². The van der Waals surface area contributed by atoms with Gasteiger partial charge in [-0.3, -0.25) is 0 Å². The summed E-state index contributed by atoms with van der Waals surface area (Å²) in [7, 11) is 3.32. The number of rotatable bonds is 5. The smallest absolute Gasteiger partial charge is 0.168 e. The Morgan fingerprint density at radius 2 is 1.74 bits per heavy atom. The predicted octanol–water partition coefficient (Wildman–Crippen LogP) is 2.90. The van der Waals surface area contributed by atoms with Crippen molar-refractivity contribution < 1.29 is 18.9 Å². The van der Waals surface area contributed by atoms with Gasteiger partial charge in [-0.1, -0.05) is 6.07 Å². The Morgan fingerprint density at radius 1 is 1.09 bits per heavy atom. The first-order chi connectivity index (χ1) is 10.7. The van der Waals surface area contributed by atoms with Crippen LogP contribution in [0.25, 0.3) is 0 Å². The molecule has 1 aliphatic carbocycles. The van der Waals surface area contributed by atoms with Gasteiger partial charge in [-0.15, -0.1) is 12.4 Å². The minimum atomic E-state index is -0.276. The molecule has 0 radical (unpaired) electrons. The zero-order chi connectivity index (χ0) is 15.4. The Morgan fingerprint density at radius 3 is 2.35 bits per heavy atom. The average Bonchev–Trinajstić information content (AvgIpc) is 3.02. The fraction of sp³-hybridized carbons (Fsp3) is 0.647. The molecule has 1 spiro atoms. The number of benzene rings is 1. The van der Waals surface area contributed by atoms with E-state index in [0.717, 1.165) is 56.9 Å². The standard InChI is InChI=1S/C17H25NO4.ClH/c1-19-15-4-3-13(11-16(15)20-2)12-18-14-5-7-17(8-6-14)21-9-10-22-17;/h3-4,11,14,18H,5-10,12H2,1-2H3;1H. The molecule has 0 amide bonds. The monoisotopic (exact) mass is 343 g/mol. The minimum absolute atomic E-state index is 0. The van der Waals surface area contributed by atoms with Crippen molar-refractivity contribution in [3.8, 4) is 11.5 Å². The number of halogens is 1. The average molecular weight is 344 g/mol. The Kier molecular flexibility index (Phi) is 6.53. The Bertz CT molecular complexity index is 495. The van der Waals surface area contributed by atoms with Crippen LogP contribution in [0.15, 0.2) is 18.2 Å². The summed E-state index contributed by atoms with van der Waals surface area (Å²) in [4.78, 5) is 0. The molecule has 23 heavy (non-hydrogen) atoms. The van der Waals surface area contributed by atoms with Crippen LogP contribution in [-0.2, 0) is 16.0 Å². The molecule has 2 aliphatic rings. The van der Waals surface area contributed by atoms with Crippen LogP contribution in [0.4, 0.5) is 0 Å². The normalized spacial score (nSPS) is 20.3. The molecule has 1 aliphatic heterocycles. The van der Waals surface area contributed by atoms with Crippen molar-refractivity contribution in [2.24, 2.45) is 0 Å². The molecule has 1 aromatic rings. The molecule has 5 nitrogen and oxygen atoms in total. The number of methoxy groups -OCH3 is 2. The van der Waals surface area contributed by atoms with Crippen LogP contribution >= 0.6 is 12.4 Å². The van der Waals surface area contributed by atoms with Gasteiger partial charge < -0.3 is 24.3 Å². The van der Waals surface area contributed by atoms with E-state index in [0.29, 0.717) is 6.04 Å². The molecule has 0 unspecified atom stereocenters. The van der Waals surface area contributed by atoms with Gasteiger partial charge in [0, 0.05) is 25.4 Å². The molecule has 1 aromatic carbocycles. The maximum absolute atomic E-state index is 5.77. The lowest BCUT2D eigenvalue weighted by Gasteiger charge is -2.35. The van der Waals surface area contributed by atoms with Gasteiger partial charge in [0.1, 0.15) is 0 Å². The molecular formula is C17H26ClNO4. The Balaban J connectivity index is 0.00000192. The first-order valence-electron chi connectivity index (χ1n) is 7.97. The second kappa shape index (κ2) is 8.20. The summed E-state index contributed by atoms with van der Waals surface area (Å²) < 4.78 is 22.1. The van der Waals surface area contributed by atoms with Crippen LogP contribution in [0, 0.1) is 0 Å². The number of nitrogens with one attached hydrogen (secondary N) is 1. The van der Waals surface area contributed by atoms with Gasteiger partial charge >= 0.3 is 0 Å². The number of hydrogen-bond donors (Lipinski definition) is 1. The summed E-state index contributed by atoms with van der Waals surface area (Å²) >= 11 is 0. The van der Waals surface area contributed by atoms with E-state index in [1.165, 1.54) is 5.56 Å². The fourth-order valence-corrected chi connectivity index (χ4v) is 3.30. The molecule has 1 saturated carbocycles. The molecule has 0 atom stereocenters. The van der Waals surface area contributed by atoms with Crippen LogP contribution in [0.3, 0.4) is 0 Å². The van der Waals surface area contributed by atoms with Crippen LogP contribution in [-0.4, -0.2) is 39.3 Å². The third kappa shape index (κ3) is 4.29. The highest BCUT2D eigenvalue weighted by atomic mass is 35.5. The molecule has 2 fully saturated rings. The van der Waals surface area contributed by atoms with Crippen molar-refractivity contribution >= 4 is 12.4 Å². The molecular weight excluding hydrogens is 318 g/mol. The van der Waals surface area contributed by atoms with E-state index in [1.807, 2.05) is 12.1 Å². The van der Waals surface area contributed by atoms with E-state index in [9.17, 15) is 0 Å². The summed E-state index contributed by atoms with van der Waals surface area (Å²) in [6.07, 6.45) is 4.15. The highest BCUT2D eigenvalue weighted by Gasteiger charge is 2.40. The molecule has 6 heteroatoms. The summed E-state index contributed by atoms with van der Waals surface area (Å²) in [5, 5.41) is 3.63. The van der Waals surface area contributed by atoms with Crippen molar-refractivity contribution in [1.29, 1.82) is 0 Å². The van der Waals surface area contributed by atoms with Gasteiger partial charge in [0.25, 0.3) is 0 Å². The minimum Gasteiger partial charge on any atom is -0.493 e. The van der Waals surface area contributed by atoms with E-state index in [-0.39, 0.29) is 18.2 Å². The van der Waals surface area contributed by atoms with Crippen molar-refractivity contribution in [2.45, 2.75) is 44.1 Å². The SMILES string of the molecule is COc1ccc(CNC2CCC3(CC2)OCCO3)cc1OC.Cl. The van der Waals surface area contributed by atoms with Crippen LogP contribution < -0.4 is 14.8 Å². The highest BCUT2D eigenvalue weighted by Crippen LogP contribution is 2.36. The summed E-state index contributed by atoms with van der Waals surface area (Å²) in [6.45, 7) is 2.31. The molecule has 3 rings (SSSR count). The lowest BCUT2D eigenvalue weighted by Crippen LogP contribution is -2.41. The fourth-order valence-electron chi connectivity index (χ4n) is 3.30. The van der Waals surface area contributed by atoms with Crippen LogP contribution in [0.5, 0.6) is 11.5 Å². The molecule has 1 saturated heterocycles. The Hall–Kier alpha value is -1.01. The van der Waals surface area contributed by atoms with E-state index in [1.54, 1.807) is 14.2 Å². The summed E-state index contributed by atoms with van der Waals surface area (Å²) in [5.41, 5.74) is 1.20. The van der Waals surface area contributed by atoms with Crippen molar-refractivity contribution in [2.75, 3.05) is 27.4 Å². The van der Waals surface area contributed by atoms with Crippen LogP contribution in [0.2, 0.25) is 0 Å². The van der Waals surface area contributed by atoms with E-state index in [2.05, 4.69) is 11.4 Å². The van der Waals surface area contributed by atoms with Gasteiger partial charge in [0.05, 0.1) is 27.4 Å². The largest absolute Gasteiger partial charge is 0.493 e. The zero-order valence-corrected chi connectivity index (χ0v) is 14.6. The third-order valence-electron chi connectivity index (χ3n) is 4.60. The number of hydrogen-bond acceptors (Lipinski definition) is 5. The van der Waals surface area contributed by atoms with Crippen molar-refractivity contribution in [3.63, 3.8) is 0 Å². The van der Waals surface area contributed by atoms with Crippen LogP contribution in [0.1, 0.15) is 31.2 Å². The molecule has 1 heterocycles. The Labute approximate surface area is 144 Å². The van der Waals surface area contributed by atoms with E-state index in [4.69, 9.17) is 18.9 Å². The lowest BCUT2D eigenvalue weighted by molar-refractivity contribution is -0.179. The van der Waals surface area contributed by atoms with E-state index >= 15 is 0 Å². The van der Waals surface area contributed by atoms with Gasteiger partial charge in [-0.25, -0.2) is 0 Å². The lowest BCUT2D eigenvalue weighted by atomic mass is 9.90. The van der Waals surface area contributed by atoms with Gasteiger partial charge in [-0.2, -0.15) is 0 Å². The van der Waals surface area contributed by atoms with Gasteiger partial charge in [0.2, 0.25) is 0 Å². The molecule has 0 bridgehead atoms. The molecule has 1 N–H and O–H groups in total. The summed E-state index contributed by atoms with van der Waals surface area (Å²) in [6, 6.07) is 6.57.